The quantitative estimate of drug-likeness (QED) is 0.576. The molecule has 4 heteroatoms. The second kappa shape index (κ2) is 3.81. The van der Waals surface area contributed by atoms with Crippen LogP contribution >= 0.6 is 22.6 Å². The van der Waals surface area contributed by atoms with Crippen LogP contribution in [0.1, 0.15) is 19.4 Å². The van der Waals surface area contributed by atoms with Crippen molar-refractivity contribution in [2.24, 2.45) is 0 Å². The number of benzene rings is 1. The molecule has 0 fully saturated rings. The van der Waals surface area contributed by atoms with Gasteiger partial charge in [0.25, 0.3) is 0 Å². The highest BCUT2D eigenvalue weighted by molar-refractivity contribution is 14.1. The minimum Gasteiger partial charge on any atom is -0.206 e. The van der Waals surface area contributed by atoms with Crippen LogP contribution in [0.3, 0.4) is 0 Å². The van der Waals surface area contributed by atoms with E-state index in [0.717, 1.165) is 0 Å². The molecule has 0 radical (unpaired) electrons. The SMILES string of the molecule is CC(C)(C#N)c1cc(F)c(I)c(F)c1. The van der Waals surface area contributed by atoms with E-state index in [2.05, 4.69) is 0 Å². The summed E-state index contributed by atoms with van der Waals surface area (Å²) in [4.78, 5) is 0. The Bertz CT molecular complexity index is 384. The molecule has 0 unspecified atom stereocenters. The number of halogens is 3. The second-order valence-electron chi connectivity index (χ2n) is 3.49. The molecular formula is C10H8F2IN. The van der Waals surface area contributed by atoms with Gasteiger partial charge in [-0.3, -0.25) is 0 Å². The zero-order valence-electron chi connectivity index (χ0n) is 7.74. The molecule has 0 aromatic heterocycles. The van der Waals surface area contributed by atoms with Crippen LogP contribution in [0.15, 0.2) is 12.1 Å². The van der Waals surface area contributed by atoms with Gasteiger partial charge in [-0.15, -0.1) is 0 Å². The van der Waals surface area contributed by atoms with Crippen molar-refractivity contribution in [2.75, 3.05) is 0 Å². The third kappa shape index (κ3) is 2.03. The minimum atomic E-state index is -0.869. The maximum absolute atomic E-state index is 13.1. The summed E-state index contributed by atoms with van der Waals surface area (Å²) >= 11 is 1.59. The van der Waals surface area contributed by atoms with Crippen molar-refractivity contribution < 1.29 is 8.78 Å². The number of nitriles is 1. The Morgan fingerprint density at radius 3 is 2.07 bits per heavy atom. The molecular weight excluding hydrogens is 299 g/mol. The summed E-state index contributed by atoms with van der Waals surface area (Å²) in [5.74, 6) is -1.24. The zero-order chi connectivity index (χ0) is 10.9. The Morgan fingerprint density at radius 2 is 1.71 bits per heavy atom. The molecule has 0 amide bonds. The lowest BCUT2D eigenvalue weighted by atomic mass is 9.86. The molecule has 14 heavy (non-hydrogen) atoms. The maximum Gasteiger partial charge on any atom is 0.139 e. The fraction of sp³-hybridized carbons (Fsp3) is 0.300. The molecule has 74 valence electrons. The highest BCUT2D eigenvalue weighted by Crippen LogP contribution is 2.26. The first-order valence-corrected chi connectivity index (χ1v) is 5.02. The van der Waals surface area contributed by atoms with E-state index in [1.165, 1.54) is 12.1 Å². The Hall–Kier alpha value is -0.700. The highest BCUT2D eigenvalue weighted by Gasteiger charge is 2.22. The van der Waals surface area contributed by atoms with E-state index in [0.29, 0.717) is 5.56 Å². The third-order valence-corrected chi connectivity index (χ3v) is 3.02. The van der Waals surface area contributed by atoms with E-state index in [1.807, 2.05) is 6.07 Å². The van der Waals surface area contributed by atoms with Gasteiger partial charge >= 0.3 is 0 Å². The van der Waals surface area contributed by atoms with Gasteiger partial charge in [-0.25, -0.2) is 8.78 Å². The van der Waals surface area contributed by atoms with Gasteiger partial charge < -0.3 is 0 Å². The first kappa shape index (κ1) is 11.4. The molecule has 0 bridgehead atoms. The maximum atomic E-state index is 13.1. The van der Waals surface area contributed by atoms with Gasteiger partial charge in [0.2, 0.25) is 0 Å². The second-order valence-corrected chi connectivity index (χ2v) is 4.57. The lowest BCUT2D eigenvalue weighted by Crippen LogP contribution is -2.15. The predicted octanol–water partition coefficient (Wildman–Crippen LogP) is 3.37. The largest absolute Gasteiger partial charge is 0.206 e. The molecule has 0 aliphatic rings. The summed E-state index contributed by atoms with van der Waals surface area (Å²) in [6.07, 6.45) is 0. The van der Waals surface area contributed by atoms with Crippen molar-refractivity contribution in [3.8, 4) is 6.07 Å². The summed E-state index contributed by atoms with van der Waals surface area (Å²) in [6.45, 7) is 3.24. The molecule has 1 aromatic rings. The molecule has 0 heterocycles. The lowest BCUT2D eigenvalue weighted by Gasteiger charge is -2.16. The monoisotopic (exact) mass is 307 g/mol. The van der Waals surface area contributed by atoms with Crippen LogP contribution in [-0.2, 0) is 5.41 Å². The van der Waals surface area contributed by atoms with E-state index in [9.17, 15) is 8.78 Å². The topological polar surface area (TPSA) is 23.8 Å². The van der Waals surface area contributed by atoms with Crippen molar-refractivity contribution in [1.29, 1.82) is 5.26 Å². The minimum absolute atomic E-state index is 0.0416. The van der Waals surface area contributed by atoms with Gasteiger partial charge in [0.05, 0.1) is 15.1 Å². The lowest BCUT2D eigenvalue weighted by molar-refractivity contribution is 0.556. The Labute approximate surface area is 94.9 Å². The molecule has 1 rings (SSSR count). The summed E-state index contributed by atoms with van der Waals surface area (Å²) < 4.78 is 26.3. The van der Waals surface area contributed by atoms with Gasteiger partial charge in [0.1, 0.15) is 11.6 Å². The van der Waals surface area contributed by atoms with Crippen LogP contribution in [-0.4, -0.2) is 0 Å². The van der Waals surface area contributed by atoms with Crippen molar-refractivity contribution in [3.05, 3.63) is 32.9 Å². The number of nitrogens with zero attached hydrogens (tertiary/aromatic N) is 1. The Kier molecular flexibility index (Phi) is 3.10. The summed E-state index contributed by atoms with van der Waals surface area (Å²) in [6, 6.07) is 4.40. The molecule has 1 aromatic carbocycles. The number of hydrogen-bond donors (Lipinski definition) is 0. The fourth-order valence-corrected chi connectivity index (χ4v) is 1.29. The average molecular weight is 307 g/mol. The van der Waals surface area contributed by atoms with Crippen molar-refractivity contribution in [1.82, 2.24) is 0 Å². The van der Waals surface area contributed by atoms with Gasteiger partial charge in [0, 0.05) is 0 Å². The van der Waals surface area contributed by atoms with E-state index in [-0.39, 0.29) is 3.57 Å². The fourth-order valence-electron chi connectivity index (χ4n) is 0.981. The van der Waals surface area contributed by atoms with E-state index in [1.54, 1.807) is 36.4 Å². The van der Waals surface area contributed by atoms with Crippen LogP contribution in [0.4, 0.5) is 8.78 Å². The normalized spacial score (nSPS) is 11.1. The Morgan fingerprint density at radius 1 is 1.29 bits per heavy atom. The van der Waals surface area contributed by atoms with Gasteiger partial charge in [-0.2, -0.15) is 5.26 Å². The average Bonchev–Trinajstić information content (AvgIpc) is 2.13. The van der Waals surface area contributed by atoms with Crippen molar-refractivity contribution in [2.45, 2.75) is 19.3 Å². The van der Waals surface area contributed by atoms with Crippen LogP contribution < -0.4 is 0 Å². The summed E-state index contributed by atoms with van der Waals surface area (Å²) in [5.41, 5.74) is -0.512. The molecule has 0 N–H and O–H groups in total. The van der Waals surface area contributed by atoms with E-state index >= 15 is 0 Å². The number of hydrogen-bond acceptors (Lipinski definition) is 1. The Balaban J connectivity index is 3.35. The first-order valence-electron chi connectivity index (χ1n) is 3.95. The molecule has 0 saturated carbocycles. The summed E-state index contributed by atoms with van der Waals surface area (Å²) in [7, 11) is 0. The smallest absolute Gasteiger partial charge is 0.139 e. The molecule has 1 nitrogen and oxygen atoms in total. The third-order valence-electron chi connectivity index (χ3n) is 1.99. The number of rotatable bonds is 1. The van der Waals surface area contributed by atoms with Crippen LogP contribution in [0, 0.1) is 26.5 Å². The molecule has 0 atom stereocenters. The van der Waals surface area contributed by atoms with E-state index < -0.39 is 17.0 Å². The molecule has 0 aliphatic heterocycles. The first-order chi connectivity index (χ1) is 6.38. The predicted molar refractivity (Wildman–Crippen MR) is 57.7 cm³/mol. The van der Waals surface area contributed by atoms with Crippen molar-refractivity contribution in [3.63, 3.8) is 0 Å². The van der Waals surface area contributed by atoms with Crippen molar-refractivity contribution >= 4 is 22.6 Å². The van der Waals surface area contributed by atoms with Gasteiger partial charge in [-0.05, 0) is 54.1 Å². The highest BCUT2D eigenvalue weighted by atomic mass is 127. The molecule has 0 spiro atoms. The van der Waals surface area contributed by atoms with Crippen LogP contribution in [0.2, 0.25) is 0 Å². The standard InChI is InChI=1S/C10H8F2IN/c1-10(2,5-14)6-3-7(11)9(13)8(12)4-6/h3-4H,1-2H3. The molecule has 0 aliphatic carbocycles. The molecule has 0 saturated heterocycles. The van der Waals surface area contributed by atoms with Crippen LogP contribution in [0.5, 0.6) is 0 Å². The van der Waals surface area contributed by atoms with Gasteiger partial charge in [-0.1, -0.05) is 0 Å². The summed E-state index contributed by atoms with van der Waals surface area (Å²) in [5, 5.41) is 8.80. The van der Waals surface area contributed by atoms with Gasteiger partial charge in [0.15, 0.2) is 0 Å². The van der Waals surface area contributed by atoms with Crippen LogP contribution in [0.25, 0.3) is 0 Å². The zero-order valence-corrected chi connectivity index (χ0v) is 9.89. The van der Waals surface area contributed by atoms with E-state index in [4.69, 9.17) is 5.26 Å².